The minimum absolute atomic E-state index is 0.348. The second-order valence-electron chi connectivity index (χ2n) is 3.16. The molecule has 0 aromatic heterocycles. The van der Waals surface area contributed by atoms with Crippen LogP contribution >= 0.6 is 11.6 Å². The van der Waals surface area contributed by atoms with Crippen molar-refractivity contribution in [3.05, 3.63) is 35.4 Å². The van der Waals surface area contributed by atoms with Crippen LogP contribution in [-0.2, 0) is 4.74 Å². The molecule has 0 heterocycles. The number of carbonyl (C=O) groups excluding carboxylic acids is 1. The Bertz CT molecular complexity index is 377. The van der Waals surface area contributed by atoms with Crippen molar-refractivity contribution < 1.29 is 9.53 Å². The van der Waals surface area contributed by atoms with Crippen molar-refractivity contribution in [3.63, 3.8) is 0 Å². The number of carbonyl (C=O) groups is 1. The van der Waals surface area contributed by atoms with Crippen molar-refractivity contribution in [3.8, 4) is 0 Å². The summed E-state index contributed by atoms with van der Waals surface area (Å²) in [5.41, 5.74) is 1.29. The van der Waals surface area contributed by atoms with Gasteiger partial charge in [0.05, 0.1) is 12.7 Å². The zero-order valence-electron chi connectivity index (χ0n) is 9.15. The molecule has 0 bridgehead atoms. The van der Waals surface area contributed by atoms with E-state index >= 15 is 0 Å². The Kier molecular flexibility index (Phi) is 5.57. The minimum Gasteiger partial charge on any atom is -0.465 e. The molecule has 4 heteroatoms. The van der Waals surface area contributed by atoms with Crippen LogP contribution in [0.4, 0.5) is 0 Å². The number of hydrogen-bond acceptors (Lipinski definition) is 3. The van der Waals surface area contributed by atoms with Gasteiger partial charge in [-0.2, -0.15) is 0 Å². The number of hydrogen-bond donors (Lipinski definition) is 0. The van der Waals surface area contributed by atoms with Gasteiger partial charge in [-0.3, -0.25) is 4.99 Å². The fourth-order valence-corrected chi connectivity index (χ4v) is 1.34. The summed E-state index contributed by atoms with van der Waals surface area (Å²) in [6.45, 7) is 0.666. The first kappa shape index (κ1) is 12.7. The Balaban J connectivity index is 2.78. The van der Waals surface area contributed by atoms with Crippen LogP contribution in [0, 0.1) is 0 Å². The van der Waals surface area contributed by atoms with Crippen molar-refractivity contribution >= 4 is 23.8 Å². The molecule has 86 valence electrons. The van der Waals surface area contributed by atoms with E-state index in [-0.39, 0.29) is 5.97 Å². The molecule has 1 rings (SSSR count). The zero-order valence-corrected chi connectivity index (χ0v) is 9.91. The summed E-state index contributed by atoms with van der Waals surface area (Å²) in [6.07, 6.45) is 2.51. The maximum atomic E-state index is 11.4. The molecule has 0 radical (unpaired) electrons. The molecule has 0 amide bonds. The third-order valence-electron chi connectivity index (χ3n) is 2.02. The van der Waals surface area contributed by atoms with Crippen LogP contribution in [0.15, 0.2) is 29.3 Å². The highest BCUT2D eigenvalue weighted by Crippen LogP contribution is 2.07. The lowest BCUT2D eigenvalue weighted by atomic mass is 10.1. The van der Waals surface area contributed by atoms with E-state index in [2.05, 4.69) is 9.73 Å². The fraction of sp³-hybridized carbons (Fsp3) is 0.333. The lowest BCUT2D eigenvalue weighted by Gasteiger charge is -2.02. The van der Waals surface area contributed by atoms with E-state index in [1.165, 1.54) is 7.11 Å². The Labute approximate surface area is 100 Å². The molecule has 3 nitrogen and oxygen atoms in total. The summed E-state index contributed by atoms with van der Waals surface area (Å²) >= 11 is 5.54. The molecule has 0 fully saturated rings. The van der Waals surface area contributed by atoms with Gasteiger partial charge in [-0.15, -0.1) is 11.6 Å². The molecule has 0 saturated heterocycles. The normalized spacial score (nSPS) is 10.6. The number of nitrogens with zero attached hydrogens (tertiary/aromatic N) is 1. The van der Waals surface area contributed by atoms with E-state index in [0.29, 0.717) is 18.0 Å². The molecule has 0 unspecified atom stereocenters. The molecular formula is C12H14ClNO2. The van der Waals surface area contributed by atoms with Crippen LogP contribution in [0.25, 0.3) is 0 Å². The molecule has 16 heavy (non-hydrogen) atoms. The summed E-state index contributed by atoms with van der Waals surface area (Å²) in [4.78, 5) is 15.6. The van der Waals surface area contributed by atoms with E-state index in [9.17, 15) is 4.79 Å². The summed E-state index contributed by atoms with van der Waals surface area (Å²) in [7, 11) is 1.36. The maximum absolute atomic E-state index is 11.4. The highest BCUT2D eigenvalue weighted by molar-refractivity contribution is 6.17. The predicted octanol–water partition coefficient (Wildman–Crippen LogP) is 2.52. The third kappa shape index (κ3) is 3.66. The van der Waals surface area contributed by atoms with Crippen LogP contribution in [0.1, 0.15) is 22.3 Å². The van der Waals surface area contributed by atoms with Gasteiger partial charge in [0, 0.05) is 24.2 Å². The van der Waals surface area contributed by atoms with Gasteiger partial charge in [0.1, 0.15) is 0 Å². The second-order valence-corrected chi connectivity index (χ2v) is 3.53. The maximum Gasteiger partial charge on any atom is 0.338 e. The smallest absolute Gasteiger partial charge is 0.338 e. The number of methoxy groups -OCH3 is 1. The van der Waals surface area contributed by atoms with Gasteiger partial charge in [0.25, 0.3) is 0 Å². The molecule has 0 spiro atoms. The van der Waals surface area contributed by atoms with Crippen molar-refractivity contribution in [1.82, 2.24) is 0 Å². The zero-order chi connectivity index (χ0) is 11.8. The van der Waals surface area contributed by atoms with Gasteiger partial charge in [-0.1, -0.05) is 18.2 Å². The molecule has 0 saturated carbocycles. The number of benzene rings is 1. The lowest BCUT2D eigenvalue weighted by molar-refractivity contribution is 0.0600. The largest absolute Gasteiger partial charge is 0.465 e. The average molecular weight is 240 g/mol. The molecule has 0 aliphatic heterocycles. The standard InChI is InChI=1S/C12H14ClNO2/c1-16-12(15)11-6-3-2-5-10(11)9-14-8-4-7-13/h2-3,5-6,9H,4,7-8H2,1H3. The summed E-state index contributed by atoms with van der Waals surface area (Å²) in [5.74, 6) is 0.245. The topological polar surface area (TPSA) is 38.7 Å². The molecule has 0 N–H and O–H groups in total. The van der Waals surface area contributed by atoms with Crippen LogP contribution in [0.2, 0.25) is 0 Å². The van der Waals surface area contributed by atoms with Crippen LogP contribution in [0.5, 0.6) is 0 Å². The van der Waals surface area contributed by atoms with E-state index in [1.54, 1.807) is 18.3 Å². The first-order chi connectivity index (χ1) is 7.79. The van der Waals surface area contributed by atoms with E-state index in [4.69, 9.17) is 11.6 Å². The predicted molar refractivity (Wildman–Crippen MR) is 65.6 cm³/mol. The molecule has 1 aromatic carbocycles. The quantitative estimate of drug-likeness (QED) is 0.343. The van der Waals surface area contributed by atoms with E-state index in [1.807, 2.05) is 12.1 Å². The molecule has 0 atom stereocenters. The van der Waals surface area contributed by atoms with Crippen LogP contribution in [-0.4, -0.2) is 31.7 Å². The highest BCUT2D eigenvalue weighted by Gasteiger charge is 2.08. The Morgan fingerprint density at radius 2 is 2.25 bits per heavy atom. The number of halogens is 1. The number of esters is 1. The summed E-state index contributed by atoms with van der Waals surface area (Å²) < 4.78 is 4.68. The van der Waals surface area contributed by atoms with Crippen LogP contribution < -0.4 is 0 Å². The lowest BCUT2D eigenvalue weighted by Crippen LogP contribution is -2.05. The molecule has 0 aliphatic carbocycles. The van der Waals surface area contributed by atoms with Crippen molar-refractivity contribution in [2.24, 2.45) is 4.99 Å². The summed E-state index contributed by atoms with van der Waals surface area (Å²) in [5, 5.41) is 0. The van der Waals surface area contributed by atoms with Crippen LogP contribution in [0.3, 0.4) is 0 Å². The Hall–Kier alpha value is -1.35. The number of rotatable bonds is 5. The van der Waals surface area contributed by atoms with Crippen molar-refractivity contribution in [2.75, 3.05) is 19.5 Å². The number of alkyl halides is 1. The van der Waals surface area contributed by atoms with Gasteiger partial charge < -0.3 is 4.74 Å². The van der Waals surface area contributed by atoms with Crippen molar-refractivity contribution in [2.45, 2.75) is 6.42 Å². The summed E-state index contributed by atoms with van der Waals surface area (Å²) in [6, 6.07) is 7.20. The molecule has 0 aliphatic rings. The molecule has 1 aromatic rings. The second kappa shape index (κ2) is 7.01. The van der Waals surface area contributed by atoms with Gasteiger partial charge in [-0.05, 0) is 12.5 Å². The number of ether oxygens (including phenoxy) is 1. The number of aliphatic imine (C=N–C) groups is 1. The van der Waals surface area contributed by atoms with E-state index in [0.717, 1.165) is 12.0 Å². The highest BCUT2D eigenvalue weighted by atomic mass is 35.5. The first-order valence-electron chi connectivity index (χ1n) is 5.02. The van der Waals surface area contributed by atoms with Gasteiger partial charge in [0.15, 0.2) is 0 Å². The minimum atomic E-state index is -0.348. The SMILES string of the molecule is COC(=O)c1ccccc1C=NCCCCl. The fourth-order valence-electron chi connectivity index (χ4n) is 1.22. The van der Waals surface area contributed by atoms with E-state index < -0.39 is 0 Å². The Morgan fingerprint density at radius 1 is 1.50 bits per heavy atom. The van der Waals surface area contributed by atoms with Gasteiger partial charge >= 0.3 is 5.97 Å². The van der Waals surface area contributed by atoms with Gasteiger partial charge in [0.2, 0.25) is 0 Å². The van der Waals surface area contributed by atoms with Crippen molar-refractivity contribution in [1.29, 1.82) is 0 Å². The molecular weight excluding hydrogens is 226 g/mol. The average Bonchev–Trinajstić information content (AvgIpc) is 2.34. The van der Waals surface area contributed by atoms with Gasteiger partial charge in [-0.25, -0.2) is 4.79 Å². The first-order valence-corrected chi connectivity index (χ1v) is 5.56. The third-order valence-corrected chi connectivity index (χ3v) is 2.28. The monoisotopic (exact) mass is 239 g/mol. The Morgan fingerprint density at radius 3 is 2.94 bits per heavy atom.